The maximum atomic E-state index is 12.0. The maximum absolute atomic E-state index is 12.0. The Kier molecular flexibility index (Phi) is 4.58. The Labute approximate surface area is 123 Å². The van der Waals surface area contributed by atoms with Gasteiger partial charge in [0.25, 0.3) is 5.56 Å². The molecule has 1 heterocycles. The highest BCUT2D eigenvalue weighted by molar-refractivity contribution is 5.72. The average molecular weight is 285 g/mol. The molecule has 0 fully saturated rings. The van der Waals surface area contributed by atoms with Crippen LogP contribution in [0.15, 0.2) is 41.3 Å². The van der Waals surface area contributed by atoms with Gasteiger partial charge in [-0.3, -0.25) is 4.79 Å². The molecule has 0 unspecified atom stereocenters. The molecule has 2 rings (SSSR count). The summed E-state index contributed by atoms with van der Waals surface area (Å²) in [5.74, 6) is 0. The van der Waals surface area contributed by atoms with Crippen LogP contribution >= 0.6 is 0 Å². The number of carbonyl (C=O) groups is 1. The Morgan fingerprint density at radius 1 is 1.19 bits per heavy atom. The van der Waals surface area contributed by atoms with E-state index in [2.05, 4.69) is 19.1 Å². The molecule has 2 aromatic rings. The largest absolute Gasteiger partial charge is 0.464 e. The summed E-state index contributed by atoms with van der Waals surface area (Å²) in [7, 11) is 0. The fraction of sp³-hybridized carbons (Fsp3) is 0.294. The molecule has 1 N–H and O–H groups in total. The summed E-state index contributed by atoms with van der Waals surface area (Å²) in [6, 6.07) is 9.77. The first-order valence-corrected chi connectivity index (χ1v) is 7.09. The highest BCUT2D eigenvalue weighted by atomic mass is 16.4. The van der Waals surface area contributed by atoms with E-state index in [0.717, 1.165) is 30.4 Å². The number of pyridine rings is 1. The van der Waals surface area contributed by atoms with E-state index in [1.54, 1.807) is 13.0 Å². The molecule has 4 nitrogen and oxygen atoms in total. The predicted octanol–water partition coefficient (Wildman–Crippen LogP) is 3.69. The van der Waals surface area contributed by atoms with E-state index in [4.69, 9.17) is 5.11 Å². The predicted molar refractivity (Wildman–Crippen MR) is 82.9 cm³/mol. The summed E-state index contributed by atoms with van der Waals surface area (Å²) in [4.78, 5) is 22.9. The van der Waals surface area contributed by atoms with Crippen LogP contribution in [0.3, 0.4) is 0 Å². The number of aromatic nitrogens is 1. The number of hydrogen-bond donors (Lipinski definition) is 1. The summed E-state index contributed by atoms with van der Waals surface area (Å²) < 4.78 is 0.703. The van der Waals surface area contributed by atoms with Gasteiger partial charge >= 0.3 is 6.09 Å². The van der Waals surface area contributed by atoms with Crippen LogP contribution in [0.2, 0.25) is 0 Å². The van der Waals surface area contributed by atoms with Crippen LogP contribution in [0.4, 0.5) is 4.79 Å². The second-order valence-electron chi connectivity index (χ2n) is 5.11. The number of unbranched alkanes of at least 4 members (excludes halogenated alkanes) is 1. The standard InChI is InChI=1S/C17H19NO3/c1-3-4-5-13-6-8-14(9-7-13)15-10-11-18(17(20)21)16(19)12(15)2/h6-11H,3-5H2,1-2H3,(H,20,21). The summed E-state index contributed by atoms with van der Waals surface area (Å²) in [5, 5.41) is 8.93. The number of hydrogen-bond acceptors (Lipinski definition) is 2. The van der Waals surface area contributed by atoms with Crippen molar-refractivity contribution in [1.29, 1.82) is 0 Å². The topological polar surface area (TPSA) is 59.3 Å². The third-order valence-corrected chi connectivity index (χ3v) is 3.62. The molecule has 110 valence electrons. The van der Waals surface area contributed by atoms with E-state index in [1.165, 1.54) is 11.8 Å². The molecule has 1 aromatic heterocycles. The first kappa shape index (κ1) is 15.0. The zero-order valence-electron chi connectivity index (χ0n) is 12.3. The van der Waals surface area contributed by atoms with Crippen LogP contribution in [0.1, 0.15) is 30.9 Å². The molecule has 1 aromatic carbocycles. The van der Waals surface area contributed by atoms with Crippen molar-refractivity contribution >= 4 is 6.09 Å². The molecule has 21 heavy (non-hydrogen) atoms. The molecular weight excluding hydrogens is 266 g/mol. The molecular formula is C17H19NO3. The molecule has 0 spiro atoms. The van der Waals surface area contributed by atoms with Crippen LogP contribution in [0.5, 0.6) is 0 Å². The zero-order chi connectivity index (χ0) is 15.4. The van der Waals surface area contributed by atoms with Gasteiger partial charge in [-0.15, -0.1) is 0 Å². The molecule has 0 aliphatic rings. The first-order valence-electron chi connectivity index (χ1n) is 7.09. The molecule has 0 radical (unpaired) electrons. The Bertz CT molecular complexity index is 699. The molecule has 0 atom stereocenters. The number of carboxylic acid groups (broad SMARTS) is 1. The SMILES string of the molecule is CCCCc1ccc(-c2ccn(C(=O)O)c(=O)c2C)cc1. The monoisotopic (exact) mass is 285 g/mol. The summed E-state index contributed by atoms with van der Waals surface area (Å²) in [6.45, 7) is 3.82. The molecule has 0 aliphatic carbocycles. The molecule has 0 bridgehead atoms. The lowest BCUT2D eigenvalue weighted by Gasteiger charge is -2.08. The first-order chi connectivity index (χ1) is 10.0. The Hall–Kier alpha value is -2.36. The van der Waals surface area contributed by atoms with Gasteiger partial charge in [0.15, 0.2) is 0 Å². The second-order valence-corrected chi connectivity index (χ2v) is 5.11. The van der Waals surface area contributed by atoms with Crippen molar-refractivity contribution in [1.82, 2.24) is 4.57 Å². The Morgan fingerprint density at radius 3 is 2.43 bits per heavy atom. The van der Waals surface area contributed by atoms with Crippen LogP contribution < -0.4 is 5.56 Å². The third-order valence-electron chi connectivity index (χ3n) is 3.62. The van der Waals surface area contributed by atoms with E-state index < -0.39 is 11.7 Å². The van der Waals surface area contributed by atoms with E-state index in [-0.39, 0.29) is 0 Å². The van der Waals surface area contributed by atoms with Gasteiger partial charge < -0.3 is 5.11 Å². The zero-order valence-corrected chi connectivity index (χ0v) is 12.3. The van der Waals surface area contributed by atoms with Gasteiger partial charge in [0.1, 0.15) is 0 Å². The minimum absolute atomic E-state index is 0.446. The van der Waals surface area contributed by atoms with Crippen molar-refractivity contribution in [2.75, 3.05) is 0 Å². The Morgan fingerprint density at radius 2 is 1.86 bits per heavy atom. The third kappa shape index (κ3) is 3.21. The summed E-state index contributed by atoms with van der Waals surface area (Å²) in [5.41, 5.74) is 2.94. The van der Waals surface area contributed by atoms with Crippen LogP contribution in [-0.4, -0.2) is 15.8 Å². The average Bonchev–Trinajstić information content (AvgIpc) is 2.48. The minimum atomic E-state index is -1.26. The van der Waals surface area contributed by atoms with Gasteiger partial charge in [-0.05, 0) is 42.5 Å². The van der Waals surface area contributed by atoms with Crippen LogP contribution in [0.25, 0.3) is 11.1 Å². The molecule has 4 heteroatoms. The van der Waals surface area contributed by atoms with Gasteiger partial charge in [-0.1, -0.05) is 37.6 Å². The summed E-state index contributed by atoms with van der Waals surface area (Å²) >= 11 is 0. The van der Waals surface area contributed by atoms with E-state index in [1.807, 2.05) is 12.1 Å². The van der Waals surface area contributed by atoms with E-state index in [0.29, 0.717) is 10.1 Å². The molecule has 0 aliphatic heterocycles. The molecule has 0 saturated carbocycles. The van der Waals surface area contributed by atoms with E-state index in [9.17, 15) is 9.59 Å². The van der Waals surface area contributed by atoms with Gasteiger partial charge in [-0.2, -0.15) is 0 Å². The lowest BCUT2D eigenvalue weighted by molar-refractivity contribution is 0.195. The van der Waals surface area contributed by atoms with Crippen molar-refractivity contribution in [3.05, 3.63) is 58.0 Å². The number of rotatable bonds is 4. The lowest BCUT2D eigenvalue weighted by Crippen LogP contribution is -2.27. The Balaban J connectivity index is 2.36. The van der Waals surface area contributed by atoms with Crippen molar-refractivity contribution in [3.8, 4) is 11.1 Å². The fourth-order valence-corrected chi connectivity index (χ4v) is 2.33. The van der Waals surface area contributed by atoms with Crippen molar-refractivity contribution in [3.63, 3.8) is 0 Å². The molecule has 0 amide bonds. The van der Waals surface area contributed by atoms with Crippen LogP contribution in [0, 0.1) is 6.92 Å². The fourth-order valence-electron chi connectivity index (χ4n) is 2.33. The van der Waals surface area contributed by atoms with Crippen molar-refractivity contribution < 1.29 is 9.90 Å². The minimum Gasteiger partial charge on any atom is -0.464 e. The highest BCUT2D eigenvalue weighted by Crippen LogP contribution is 2.22. The second kappa shape index (κ2) is 6.39. The van der Waals surface area contributed by atoms with Gasteiger partial charge in [0, 0.05) is 11.8 Å². The number of nitrogens with zero attached hydrogens (tertiary/aromatic N) is 1. The number of benzene rings is 1. The van der Waals surface area contributed by atoms with Gasteiger partial charge in [0.05, 0.1) is 0 Å². The quantitative estimate of drug-likeness (QED) is 0.932. The van der Waals surface area contributed by atoms with Gasteiger partial charge in [0.2, 0.25) is 0 Å². The number of aryl methyl sites for hydroxylation is 1. The van der Waals surface area contributed by atoms with Crippen LogP contribution in [-0.2, 0) is 6.42 Å². The molecule has 0 saturated heterocycles. The summed E-state index contributed by atoms with van der Waals surface area (Å²) in [6.07, 6.45) is 3.42. The van der Waals surface area contributed by atoms with E-state index >= 15 is 0 Å². The normalized spacial score (nSPS) is 10.6. The van der Waals surface area contributed by atoms with Gasteiger partial charge in [-0.25, -0.2) is 9.36 Å². The maximum Gasteiger partial charge on any atom is 0.418 e. The lowest BCUT2D eigenvalue weighted by atomic mass is 9.99. The highest BCUT2D eigenvalue weighted by Gasteiger charge is 2.11. The van der Waals surface area contributed by atoms with Crippen molar-refractivity contribution in [2.45, 2.75) is 33.1 Å². The smallest absolute Gasteiger partial charge is 0.418 e. The van der Waals surface area contributed by atoms with Crippen molar-refractivity contribution in [2.24, 2.45) is 0 Å².